The Morgan fingerprint density at radius 2 is 1.80 bits per heavy atom. The highest BCUT2D eigenvalue weighted by Crippen LogP contribution is 2.46. The smallest absolute Gasteiger partial charge is 0.254 e. The Labute approximate surface area is 176 Å². The van der Waals surface area contributed by atoms with E-state index in [2.05, 4.69) is 5.32 Å². The van der Waals surface area contributed by atoms with Crippen molar-refractivity contribution in [2.75, 3.05) is 27.8 Å². The van der Waals surface area contributed by atoms with E-state index in [-0.39, 0.29) is 11.8 Å². The molecule has 1 heterocycles. The van der Waals surface area contributed by atoms with Gasteiger partial charge in [-0.25, -0.2) is 4.39 Å². The fourth-order valence-electron chi connectivity index (χ4n) is 3.93. The molecule has 2 amide bonds. The first-order valence-electron chi connectivity index (χ1n) is 9.99. The van der Waals surface area contributed by atoms with E-state index in [1.54, 1.807) is 37.4 Å². The minimum Gasteiger partial charge on any atom is -0.493 e. The van der Waals surface area contributed by atoms with Gasteiger partial charge in [-0.05, 0) is 30.2 Å². The number of ether oxygens (including phenoxy) is 2. The number of methoxy groups -OCH3 is 2. The molecule has 1 aliphatic heterocycles. The second kappa shape index (κ2) is 9.15. The predicted octanol–water partition coefficient (Wildman–Crippen LogP) is 3.67. The van der Waals surface area contributed by atoms with Crippen molar-refractivity contribution in [1.82, 2.24) is 10.2 Å². The predicted molar refractivity (Wildman–Crippen MR) is 111 cm³/mol. The van der Waals surface area contributed by atoms with Crippen LogP contribution in [0.15, 0.2) is 36.4 Å². The summed E-state index contributed by atoms with van der Waals surface area (Å²) in [6.07, 6.45) is 1.76. The molecule has 0 aliphatic carbocycles. The van der Waals surface area contributed by atoms with Crippen molar-refractivity contribution in [2.45, 2.75) is 31.7 Å². The van der Waals surface area contributed by atoms with Crippen LogP contribution in [0.1, 0.15) is 53.2 Å². The third-order valence-electron chi connectivity index (χ3n) is 5.51. The van der Waals surface area contributed by atoms with Crippen LogP contribution in [0.5, 0.6) is 11.5 Å². The zero-order valence-electron chi connectivity index (χ0n) is 17.7. The van der Waals surface area contributed by atoms with Crippen molar-refractivity contribution in [3.63, 3.8) is 0 Å². The van der Waals surface area contributed by atoms with E-state index in [9.17, 15) is 14.0 Å². The lowest BCUT2D eigenvalue weighted by Gasteiger charge is -2.40. The van der Waals surface area contributed by atoms with Gasteiger partial charge in [-0.2, -0.15) is 0 Å². The molecule has 1 aliphatic rings. The molecule has 0 aromatic heterocycles. The minimum absolute atomic E-state index is 0.260. The Morgan fingerprint density at radius 1 is 1.13 bits per heavy atom. The topological polar surface area (TPSA) is 67.9 Å². The molecular formula is C23H27FN2O4. The summed E-state index contributed by atoms with van der Waals surface area (Å²) in [6, 6.07) is 8.68. The molecule has 2 atom stereocenters. The van der Waals surface area contributed by atoms with Gasteiger partial charge in [-0.15, -0.1) is 0 Å². The number of halogens is 1. The molecule has 2 aromatic carbocycles. The van der Waals surface area contributed by atoms with Crippen LogP contribution < -0.4 is 14.8 Å². The Kier molecular flexibility index (Phi) is 6.59. The second-order valence-electron chi connectivity index (χ2n) is 7.30. The summed E-state index contributed by atoms with van der Waals surface area (Å²) in [5, 5.41) is 2.94. The molecular weight excluding hydrogens is 387 g/mol. The van der Waals surface area contributed by atoms with E-state index in [4.69, 9.17) is 9.47 Å². The minimum atomic E-state index is -0.795. The van der Waals surface area contributed by atoms with E-state index >= 15 is 0 Å². The van der Waals surface area contributed by atoms with Crippen molar-refractivity contribution in [3.8, 4) is 11.5 Å². The highest BCUT2D eigenvalue weighted by atomic mass is 19.1. The number of hydrogen-bond acceptors (Lipinski definition) is 4. The van der Waals surface area contributed by atoms with E-state index in [1.807, 2.05) is 6.92 Å². The normalized spacial score (nSPS) is 18.0. The molecule has 0 bridgehead atoms. The van der Waals surface area contributed by atoms with Crippen LogP contribution in [0.4, 0.5) is 4.39 Å². The zero-order valence-corrected chi connectivity index (χ0v) is 17.7. The van der Waals surface area contributed by atoms with Crippen LogP contribution in [0, 0.1) is 5.82 Å². The van der Waals surface area contributed by atoms with Crippen molar-refractivity contribution in [1.29, 1.82) is 0 Å². The van der Waals surface area contributed by atoms with Crippen LogP contribution in [0.25, 0.3) is 0 Å². The highest BCUT2D eigenvalue weighted by molar-refractivity contribution is 6.02. The Bertz CT molecular complexity index is 947. The van der Waals surface area contributed by atoms with Crippen LogP contribution in [0.3, 0.4) is 0 Å². The summed E-state index contributed by atoms with van der Waals surface area (Å²) in [5.41, 5.74) is 1.14. The van der Waals surface area contributed by atoms with Gasteiger partial charge in [0.25, 0.3) is 5.91 Å². The maximum absolute atomic E-state index is 14.7. The van der Waals surface area contributed by atoms with Gasteiger partial charge < -0.3 is 19.7 Å². The largest absolute Gasteiger partial charge is 0.493 e. The number of unbranched alkanes of at least 4 members (excludes halogenated alkanes) is 1. The number of amides is 2. The highest BCUT2D eigenvalue weighted by Gasteiger charge is 2.44. The first-order chi connectivity index (χ1) is 14.4. The molecule has 2 aromatic rings. The second-order valence-corrected chi connectivity index (χ2v) is 7.30. The van der Waals surface area contributed by atoms with Crippen molar-refractivity contribution >= 4 is 11.8 Å². The van der Waals surface area contributed by atoms with Crippen LogP contribution >= 0.6 is 0 Å². The number of nitrogens with one attached hydrogen (secondary N) is 1. The van der Waals surface area contributed by atoms with E-state index < -0.39 is 17.8 Å². The molecule has 30 heavy (non-hydrogen) atoms. The molecule has 160 valence electrons. The van der Waals surface area contributed by atoms with Crippen molar-refractivity contribution in [2.24, 2.45) is 0 Å². The number of carbonyl (C=O) groups excluding carboxylic acids is 2. The number of carbonyl (C=O) groups is 2. The number of nitrogens with zero attached hydrogens (tertiary/aromatic N) is 1. The van der Waals surface area contributed by atoms with Gasteiger partial charge >= 0.3 is 0 Å². The summed E-state index contributed by atoms with van der Waals surface area (Å²) >= 11 is 0. The molecule has 0 fully saturated rings. The third-order valence-corrected chi connectivity index (χ3v) is 5.51. The lowest BCUT2D eigenvalue weighted by atomic mass is 9.79. The lowest BCUT2D eigenvalue weighted by Crippen LogP contribution is -2.46. The number of likely N-dealkylation sites (N-methyl/N-ethyl adjacent to an activating group) is 1. The van der Waals surface area contributed by atoms with Gasteiger partial charge in [-0.3, -0.25) is 9.59 Å². The summed E-state index contributed by atoms with van der Waals surface area (Å²) < 4.78 is 25.5. The maximum Gasteiger partial charge on any atom is 0.254 e. The van der Waals surface area contributed by atoms with Crippen molar-refractivity contribution < 1.29 is 23.5 Å². The molecule has 0 unspecified atom stereocenters. The van der Waals surface area contributed by atoms with Crippen LogP contribution in [-0.4, -0.2) is 44.5 Å². The first kappa shape index (κ1) is 21.6. The molecule has 0 saturated carbocycles. The Morgan fingerprint density at radius 3 is 2.43 bits per heavy atom. The van der Waals surface area contributed by atoms with E-state index in [0.717, 1.165) is 12.8 Å². The molecule has 3 rings (SSSR count). The van der Waals surface area contributed by atoms with Gasteiger partial charge in [0.15, 0.2) is 11.5 Å². The SMILES string of the molecule is CCCCNC(=O)[C@@H]1c2cc(OC)c(OC)cc2C(=O)N(C)[C@H]1c1ccccc1F. The maximum atomic E-state index is 14.7. The van der Waals surface area contributed by atoms with E-state index in [0.29, 0.717) is 34.7 Å². The first-order valence-corrected chi connectivity index (χ1v) is 9.99. The number of fused-ring (bicyclic) bond motifs is 1. The molecule has 1 N–H and O–H groups in total. The standard InChI is InChI=1S/C23H27FN2O4/c1-5-6-11-25-22(27)20-15-12-18(29-3)19(30-4)13-16(15)23(28)26(2)21(20)14-9-7-8-10-17(14)24/h7-10,12-13,20-21H,5-6,11H2,1-4H3,(H,25,27)/t20-,21+/m1/s1. The summed E-state index contributed by atoms with van der Waals surface area (Å²) in [6.45, 7) is 2.55. The molecule has 7 heteroatoms. The van der Waals surface area contributed by atoms with Crippen molar-refractivity contribution in [3.05, 3.63) is 58.9 Å². The number of hydrogen-bond donors (Lipinski definition) is 1. The molecule has 0 radical (unpaired) electrons. The average Bonchev–Trinajstić information content (AvgIpc) is 2.75. The molecule has 0 saturated heterocycles. The number of benzene rings is 2. The zero-order chi connectivity index (χ0) is 21.8. The van der Waals surface area contributed by atoms with E-state index in [1.165, 1.54) is 25.2 Å². The quantitative estimate of drug-likeness (QED) is 0.702. The Hall–Kier alpha value is -3.09. The molecule has 0 spiro atoms. The fourth-order valence-corrected chi connectivity index (χ4v) is 3.93. The number of rotatable bonds is 7. The van der Waals surface area contributed by atoms with Gasteiger partial charge in [0.1, 0.15) is 5.82 Å². The Balaban J connectivity index is 2.19. The van der Waals surface area contributed by atoms with Gasteiger partial charge in [0.2, 0.25) is 5.91 Å². The van der Waals surface area contributed by atoms with Gasteiger partial charge in [0.05, 0.1) is 26.2 Å². The average molecular weight is 414 g/mol. The fraction of sp³-hybridized carbons (Fsp3) is 0.391. The van der Waals surface area contributed by atoms with Gasteiger partial charge in [0, 0.05) is 24.7 Å². The summed E-state index contributed by atoms with van der Waals surface area (Å²) in [4.78, 5) is 27.9. The molecule has 6 nitrogen and oxygen atoms in total. The third kappa shape index (κ3) is 3.84. The van der Waals surface area contributed by atoms with Gasteiger partial charge in [-0.1, -0.05) is 31.5 Å². The summed E-state index contributed by atoms with van der Waals surface area (Å²) in [5.74, 6) is -1.02. The lowest BCUT2D eigenvalue weighted by molar-refractivity contribution is -0.124. The monoisotopic (exact) mass is 414 g/mol. The summed E-state index contributed by atoms with van der Waals surface area (Å²) in [7, 11) is 4.56. The van der Waals surface area contributed by atoms with Crippen LogP contribution in [0.2, 0.25) is 0 Å². The van der Waals surface area contributed by atoms with Crippen LogP contribution in [-0.2, 0) is 4.79 Å².